The molecule has 0 unspecified atom stereocenters. The molecule has 5 rings (SSSR count). The van der Waals surface area contributed by atoms with Gasteiger partial charge in [0.25, 0.3) is 0 Å². The van der Waals surface area contributed by atoms with Crippen LogP contribution in [0.5, 0.6) is 0 Å². The molecule has 35 heavy (non-hydrogen) atoms. The van der Waals surface area contributed by atoms with Crippen molar-refractivity contribution in [2.24, 2.45) is 5.92 Å². The zero-order valence-electron chi connectivity index (χ0n) is 19.9. The van der Waals surface area contributed by atoms with Crippen LogP contribution < -0.4 is 15.1 Å². The number of rotatable bonds is 6. The molecule has 2 heterocycles. The second-order valence-corrected chi connectivity index (χ2v) is 9.95. The second kappa shape index (κ2) is 8.93. The van der Waals surface area contributed by atoms with Crippen molar-refractivity contribution in [3.8, 4) is 0 Å². The van der Waals surface area contributed by atoms with Crippen LogP contribution in [0.4, 0.5) is 29.3 Å². The molecular weight excluding hydrogens is 458 g/mol. The standard InChI is InChI=1S/C26H29F4N5/c1-34(2)23-20-5-3-4-6-22(20)32-24(33-23)35-16-25(35)11-9-17(10-12-25)14-31-15-18-7-8-19(13-21(18)27)26(28,29)30/h3-8,13,17,31H,9-12,14-16H2,1-2H3. The summed E-state index contributed by atoms with van der Waals surface area (Å²) in [5.41, 5.74) is 0.348. The highest BCUT2D eigenvalue weighted by atomic mass is 19.4. The van der Waals surface area contributed by atoms with Gasteiger partial charge in [-0.25, -0.2) is 9.37 Å². The number of halogens is 4. The SMILES string of the molecule is CN(C)c1nc(N2CC23CCC(CNCc2ccc(C(F)(F)F)cc2F)CC3)nc2ccccc12. The van der Waals surface area contributed by atoms with Gasteiger partial charge in [-0.1, -0.05) is 18.2 Å². The molecule has 2 fully saturated rings. The van der Waals surface area contributed by atoms with E-state index in [2.05, 4.69) is 10.2 Å². The Bertz CT molecular complexity index is 1220. The molecule has 1 spiro atoms. The lowest BCUT2D eigenvalue weighted by atomic mass is 9.81. The second-order valence-electron chi connectivity index (χ2n) is 9.95. The Morgan fingerprint density at radius 1 is 1.09 bits per heavy atom. The number of benzene rings is 2. The van der Waals surface area contributed by atoms with Crippen LogP contribution in [0.1, 0.15) is 36.8 Å². The molecule has 1 aliphatic carbocycles. The van der Waals surface area contributed by atoms with Gasteiger partial charge >= 0.3 is 6.18 Å². The lowest BCUT2D eigenvalue weighted by Gasteiger charge is -2.29. The Morgan fingerprint density at radius 3 is 2.51 bits per heavy atom. The van der Waals surface area contributed by atoms with E-state index in [9.17, 15) is 17.6 Å². The molecule has 1 N–H and O–H groups in total. The van der Waals surface area contributed by atoms with Gasteiger partial charge in [-0.2, -0.15) is 18.2 Å². The predicted octanol–water partition coefficient (Wildman–Crippen LogP) is 5.39. The Labute approximate surface area is 202 Å². The zero-order valence-corrected chi connectivity index (χ0v) is 19.9. The van der Waals surface area contributed by atoms with Crippen molar-refractivity contribution in [2.45, 2.75) is 43.9 Å². The molecular formula is C26H29F4N5. The van der Waals surface area contributed by atoms with Gasteiger partial charge in [-0.15, -0.1) is 0 Å². The molecule has 2 aliphatic rings. The maximum atomic E-state index is 14.1. The molecule has 0 amide bonds. The molecule has 2 aromatic carbocycles. The molecule has 1 aromatic heterocycles. The fourth-order valence-corrected chi connectivity index (χ4v) is 5.18. The van der Waals surface area contributed by atoms with Crippen LogP contribution in [0, 0.1) is 11.7 Å². The summed E-state index contributed by atoms with van der Waals surface area (Å²) in [7, 11) is 3.98. The molecule has 0 bridgehead atoms. The van der Waals surface area contributed by atoms with E-state index in [0.29, 0.717) is 18.5 Å². The first kappa shape index (κ1) is 23.8. The van der Waals surface area contributed by atoms with Gasteiger partial charge in [0.05, 0.1) is 16.6 Å². The summed E-state index contributed by atoms with van der Waals surface area (Å²) < 4.78 is 52.3. The van der Waals surface area contributed by atoms with Gasteiger partial charge in [0, 0.05) is 38.1 Å². The van der Waals surface area contributed by atoms with Crippen molar-refractivity contribution in [1.82, 2.24) is 15.3 Å². The van der Waals surface area contributed by atoms with Crippen molar-refractivity contribution in [3.05, 3.63) is 59.4 Å². The fourth-order valence-electron chi connectivity index (χ4n) is 5.18. The summed E-state index contributed by atoms with van der Waals surface area (Å²) >= 11 is 0. The van der Waals surface area contributed by atoms with Gasteiger partial charge in [-0.3, -0.25) is 0 Å². The van der Waals surface area contributed by atoms with Crippen LogP contribution >= 0.6 is 0 Å². The smallest absolute Gasteiger partial charge is 0.362 e. The normalized spacial score (nSPS) is 22.1. The van der Waals surface area contributed by atoms with E-state index >= 15 is 0 Å². The summed E-state index contributed by atoms with van der Waals surface area (Å²) in [6, 6.07) is 10.8. The third-order valence-corrected chi connectivity index (χ3v) is 7.32. The van der Waals surface area contributed by atoms with Crippen molar-refractivity contribution >= 4 is 22.7 Å². The van der Waals surface area contributed by atoms with Gasteiger partial charge in [0.15, 0.2) is 0 Å². The van der Waals surface area contributed by atoms with Gasteiger partial charge < -0.3 is 15.1 Å². The number of nitrogens with one attached hydrogen (secondary N) is 1. The number of fused-ring (bicyclic) bond motifs is 1. The Hall–Kier alpha value is -2.94. The number of aromatic nitrogens is 2. The van der Waals surface area contributed by atoms with Gasteiger partial charge in [0.1, 0.15) is 11.6 Å². The highest BCUT2D eigenvalue weighted by Crippen LogP contribution is 2.48. The van der Waals surface area contributed by atoms with Crippen molar-refractivity contribution in [2.75, 3.05) is 37.0 Å². The minimum atomic E-state index is -4.53. The van der Waals surface area contributed by atoms with E-state index in [4.69, 9.17) is 9.97 Å². The maximum absolute atomic E-state index is 14.1. The summed E-state index contributed by atoms with van der Waals surface area (Å²) in [5.74, 6) is 1.33. The number of nitrogens with zero attached hydrogens (tertiary/aromatic N) is 4. The molecule has 5 nitrogen and oxygen atoms in total. The van der Waals surface area contributed by atoms with Crippen LogP contribution in [-0.4, -0.2) is 42.7 Å². The van der Waals surface area contributed by atoms with Gasteiger partial charge in [-0.05, 0) is 62.4 Å². The third-order valence-electron chi connectivity index (χ3n) is 7.32. The van der Waals surface area contributed by atoms with E-state index < -0.39 is 17.6 Å². The Balaban J connectivity index is 1.16. The highest BCUT2D eigenvalue weighted by molar-refractivity contribution is 5.90. The summed E-state index contributed by atoms with van der Waals surface area (Å²) in [4.78, 5) is 14.0. The number of para-hydroxylation sites is 1. The number of hydrogen-bond donors (Lipinski definition) is 1. The minimum absolute atomic E-state index is 0.113. The minimum Gasteiger partial charge on any atom is -0.362 e. The summed E-state index contributed by atoms with van der Waals surface area (Å²) in [5, 5.41) is 4.27. The van der Waals surface area contributed by atoms with E-state index in [-0.39, 0.29) is 17.6 Å². The fraction of sp³-hybridized carbons (Fsp3) is 0.462. The van der Waals surface area contributed by atoms with E-state index in [1.165, 1.54) is 6.07 Å². The van der Waals surface area contributed by atoms with E-state index in [0.717, 1.165) is 61.0 Å². The van der Waals surface area contributed by atoms with Crippen molar-refractivity contribution in [1.29, 1.82) is 0 Å². The molecule has 0 radical (unpaired) electrons. The van der Waals surface area contributed by atoms with E-state index in [1.807, 2.05) is 43.3 Å². The average Bonchev–Trinajstić information content (AvgIpc) is 3.53. The Kier molecular flexibility index (Phi) is 6.07. The van der Waals surface area contributed by atoms with Crippen LogP contribution in [0.15, 0.2) is 42.5 Å². The Morgan fingerprint density at radius 2 is 1.83 bits per heavy atom. The molecule has 1 saturated carbocycles. The van der Waals surface area contributed by atoms with Crippen molar-refractivity contribution in [3.63, 3.8) is 0 Å². The zero-order chi connectivity index (χ0) is 24.8. The molecule has 0 atom stereocenters. The summed E-state index contributed by atoms with van der Waals surface area (Å²) in [6.07, 6.45) is -0.378. The van der Waals surface area contributed by atoms with Gasteiger partial charge in [0.2, 0.25) is 5.95 Å². The largest absolute Gasteiger partial charge is 0.416 e. The molecule has 9 heteroatoms. The highest BCUT2D eigenvalue weighted by Gasteiger charge is 2.54. The maximum Gasteiger partial charge on any atom is 0.416 e. The van der Waals surface area contributed by atoms with Crippen LogP contribution in [0.25, 0.3) is 10.9 Å². The average molecular weight is 488 g/mol. The van der Waals surface area contributed by atoms with Crippen LogP contribution in [0.3, 0.4) is 0 Å². The first-order valence-corrected chi connectivity index (χ1v) is 11.9. The summed E-state index contributed by atoms with van der Waals surface area (Å²) in [6.45, 7) is 1.89. The van der Waals surface area contributed by atoms with E-state index in [1.54, 1.807) is 0 Å². The number of hydrogen-bond acceptors (Lipinski definition) is 5. The molecule has 3 aromatic rings. The lowest BCUT2D eigenvalue weighted by Crippen LogP contribution is -2.32. The molecule has 186 valence electrons. The van der Waals surface area contributed by atoms with Crippen molar-refractivity contribution < 1.29 is 17.6 Å². The first-order chi connectivity index (χ1) is 16.7. The quantitative estimate of drug-likeness (QED) is 0.373. The third kappa shape index (κ3) is 4.78. The molecule has 1 saturated heterocycles. The number of alkyl halides is 3. The van der Waals surface area contributed by atoms with Crippen LogP contribution in [-0.2, 0) is 12.7 Å². The van der Waals surface area contributed by atoms with Crippen LogP contribution in [0.2, 0.25) is 0 Å². The lowest BCUT2D eigenvalue weighted by molar-refractivity contribution is -0.137. The topological polar surface area (TPSA) is 44.1 Å². The molecule has 1 aliphatic heterocycles. The predicted molar refractivity (Wildman–Crippen MR) is 129 cm³/mol. The number of anilines is 2. The first-order valence-electron chi connectivity index (χ1n) is 11.9. The monoisotopic (exact) mass is 487 g/mol.